The zero-order valence-corrected chi connectivity index (χ0v) is 14.9. The number of carbonyl (C=O) groups is 4. The van der Waals surface area contributed by atoms with Crippen molar-refractivity contribution in [3.05, 3.63) is 0 Å². The molecule has 134 valence electrons. The summed E-state index contributed by atoms with van der Waals surface area (Å²) < 4.78 is 0. The van der Waals surface area contributed by atoms with Gasteiger partial charge in [0.15, 0.2) is 0 Å². The summed E-state index contributed by atoms with van der Waals surface area (Å²) in [6, 6.07) is -0.643. The van der Waals surface area contributed by atoms with Crippen LogP contribution in [0.1, 0.15) is 47.0 Å². The van der Waals surface area contributed by atoms with Crippen molar-refractivity contribution in [3.8, 4) is 0 Å². The van der Waals surface area contributed by atoms with Gasteiger partial charge in [-0.2, -0.15) is 0 Å². The third kappa shape index (κ3) is 3.76. The average Bonchev–Trinajstić information content (AvgIpc) is 2.69. The molecule has 0 aromatic carbocycles. The zero-order valence-electron chi connectivity index (χ0n) is 14.9. The smallest absolute Gasteiger partial charge is 0.334 e. The maximum Gasteiger partial charge on any atom is 0.334 e. The predicted octanol–water partition coefficient (Wildman–Crippen LogP) is 1.37. The van der Waals surface area contributed by atoms with Crippen LogP contribution in [0, 0.1) is 17.8 Å². The van der Waals surface area contributed by atoms with Crippen LogP contribution in [0.3, 0.4) is 0 Å². The Morgan fingerprint density at radius 1 is 1.12 bits per heavy atom. The molecule has 1 saturated carbocycles. The van der Waals surface area contributed by atoms with Crippen LogP contribution in [0.5, 0.6) is 0 Å². The summed E-state index contributed by atoms with van der Waals surface area (Å²) in [7, 11) is 0. The van der Waals surface area contributed by atoms with Gasteiger partial charge < -0.3 is 5.32 Å². The third-order valence-corrected chi connectivity index (χ3v) is 5.04. The zero-order chi connectivity index (χ0) is 18.0. The number of hydrogen-bond acceptors (Lipinski definition) is 4. The lowest BCUT2D eigenvalue weighted by molar-refractivity contribution is -0.144. The van der Waals surface area contributed by atoms with E-state index in [4.69, 9.17) is 0 Å². The Balaban J connectivity index is 1.97. The molecule has 2 rings (SSSR count). The Hall–Kier alpha value is -1.92. The fraction of sp³-hybridized carbons (Fsp3) is 0.765. The summed E-state index contributed by atoms with van der Waals surface area (Å²) in [6.07, 6.45) is 3.10. The molecule has 0 aromatic heterocycles. The van der Waals surface area contributed by atoms with Gasteiger partial charge in [0.1, 0.15) is 6.54 Å². The van der Waals surface area contributed by atoms with E-state index in [1.165, 1.54) is 0 Å². The molecule has 7 nitrogen and oxygen atoms in total. The van der Waals surface area contributed by atoms with E-state index in [2.05, 4.69) is 19.2 Å². The highest BCUT2D eigenvalue weighted by molar-refractivity contribution is 6.45. The van der Waals surface area contributed by atoms with Crippen molar-refractivity contribution in [2.75, 3.05) is 13.1 Å². The van der Waals surface area contributed by atoms with Crippen molar-refractivity contribution in [1.82, 2.24) is 15.1 Å². The normalized spacial score (nSPS) is 28.0. The molecule has 3 unspecified atom stereocenters. The lowest BCUT2D eigenvalue weighted by atomic mass is 9.78. The molecule has 7 heteroatoms. The largest absolute Gasteiger partial charge is 0.352 e. The highest BCUT2D eigenvalue weighted by Gasteiger charge is 2.45. The van der Waals surface area contributed by atoms with Gasteiger partial charge in [0.05, 0.1) is 0 Å². The van der Waals surface area contributed by atoms with Crippen LogP contribution in [0.2, 0.25) is 0 Å². The molecule has 1 saturated heterocycles. The van der Waals surface area contributed by atoms with E-state index in [9.17, 15) is 19.2 Å². The standard InChI is InChI=1S/C17H27N3O4/c1-10(2)8-19-15(22)16(23)20(17(19)24)9-14(21)18-13-7-5-6-11(3)12(13)4/h10-13H,5-9H2,1-4H3,(H,18,21). The van der Waals surface area contributed by atoms with E-state index in [0.717, 1.165) is 29.1 Å². The molecule has 1 aliphatic heterocycles. The van der Waals surface area contributed by atoms with Crippen LogP contribution in [0.25, 0.3) is 0 Å². The summed E-state index contributed by atoms with van der Waals surface area (Å²) >= 11 is 0. The molecule has 2 fully saturated rings. The molecule has 0 aromatic rings. The van der Waals surface area contributed by atoms with Crippen LogP contribution in [0.15, 0.2) is 0 Å². The molecular weight excluding hydrogens is 310 g/mol. The van der Waals surface area contributed by atoms with Gasteiger partial charge in [-0.25, -0.2) is 9.69 Å². The van der Waals surface area contributed by atoms with Crippen molar-refractivity contribution in [2.45, 2.75) is 53.0 Å². The number of imide groups is 2. The second-order valence-corrected chi connectivity index (χ2v) is 7.42. The van der Waals surface area contributed by atoms with E-state index in [-0.39, 0.29) is 24.4 Å². The number of rotatable bonds is 5. The average molecular weight is 337 g/mol. The Labute approximate surface area is 142 Å². The molecule has 3 atom stereocenters. The van der Waals surface area contributed by atoms with Crippen molar-refractivity contribution < 1.29 is 19.2 Å². The molecule has 1 N–H and O–H groups in total. The van der Waals surface area contributed by atoms with Gasteiger partial charge in [0, 0.05) is 12.6 Å². The first-order valence-corrected chi connectivity index (χ1v) is 8.69. The first kappa shape index (κ1) is 18.4. The van der Waals surface area contributed by atoms with Gasteiger partial charge in [0.25, 0.3) is 0 Å². The first-order valence-electron chi connectivity index (χ1n) is 8.69. The SMILES string of the molecule is CC(C)CN1C(=O)C(=O)N(CC(=O)NC2CCCC(C)C2C)C1=O. The molecule has 0 spiro atoms. The number of nitrogens with one attached hydrogen (secondary N) is 1. The Kier molecular flexibility index (Phi) is 5.62. The lowest BCUT2D eigenvalue weighted by Crippen LogP contribution is -2.48. The number of carbonyl (C=O) groups excluding carboxylic acids is 4. The molecule has 0 radical (unpaired) electrons. The molecule has 0 bridgehead atoms. The molecule has 2 aliphatic rings. The van der Waals surface area contributed by atoms with Crippen LogP contribution in [0.4, 0.5) is 4.79 Å². The van der Waals surface area contributed by atoms with Crippen LogP contribution >= 0.6 is 0 Å². The van der Waals surface area contributed by atoms with Crippen molar-refractivity contribution in [3.63, 3.8) is 0 Å². The third-order valence-electron chi connectivity index (χ3n) is 5.04. The summed E-state index contributed by atoms with van der Waals surface area (Å²) in [5.41, 5.74) is 0. The minimum absolute atomic E-state index is 0.0523. The van der Waals surface area contributed by atoms with E-state index >= 15 is 0 Å². The second kappa shape index (κ2) is 7.32. The monoisotopic (exact) mass is 337 g/mol. The molecular formula is C17H27N3O4. The van der Waals surface area contributed by atoms with Gasteiger partial charge in [-0.05, 0) is 24.2 Å². The topological polar surface area (TPSA) is 86.8 Å². The van der Waals surface area contributed by atoms with Crippen LogP contribution in [-0.4, -0.2) is 52.7 Å². The summed E-state index contributed by atoms with van der Waals surface area (Å²) in [6.45, 7) is 7.76. The Morgan fingerprint density at radius 2 is 1.75 bits per heavy atom. The minimum atomic E-state index is -0.916. The predicted molar refractivity (Wildman–Crippen MR) is 87.8 cm³/mol. The highest BCUT2D eigenvalue weighted by Crippen LogP contribution is 2.29. The number of urea groups is 1. The maximum absolute atomic E-state index is 12.3. The van der Waals surface area contributed by atoms with E-state index in [0.29, 0.717) is 11.8 Å². The maximum atomic E-state index is 12.3. The fourth-order valence-corrected chi connectivity index (χ4v) is 3.40. The van der Waals surface area contributed by atoms with Crippen LogP contribution in [-0.2, 0) is 14.4 Å². The summed E-state index contributed by atoms with van der Waals surface area (Å²) in [4.78, 5) is 50.1. The van der Waals surface area contributed by atoms with Gasteiger partial charge in [0.2, 0.25) is 5.91 Å². The molecule has 5 amide bonds. The van der Waals surface area contributed by atoms with Gasteiger partial charge in [-0.15, -0.1) is 0 Å². The van der Waals surface area contributed by atoms with Gasteiger partial charge in [-0.1, -0.05) is 40.5 Å². The quantitative estimate of drug-likeness (QED) is 0.606. The molecule has 1 heterocycles. The summed E-state index contributed by atoms with van der Waals surface area (Å²) in [5, 5.41) is 2.92. The highest BCUT2D eigenvalue weighted by atomic mass is 16.2. The van der Waals surface area contributed by atoms with Gasteiger partial charge in [-0.3, -0.25) is 19.3 Å². The van der Waals surface area contributed by atoms with E-state index in [1.807, 2.05) is 13.8 Å². The van der Waals surface area contributed by atoms with Crippen molar-refractivity contribution in [1.29, 1.82) is 0 Å². The van der Waals surface area contributed by atoms with Crippen LogP contribution < -0.4 is 5.32 Å². The van der Waals surface area contributed by atoms with Gasteiger partial charge >= 0.3 is 17.8 Å². The lowest BCUT2D eigenvalue weighted by Gasteiger charge is -2.34. The Morgan fingerprint density at radius 3 is 2.38 bits per heavy atom. The first-order chi connectivity index (χ1) is 11.2. The van der Waals surface area contributed by atoms with Crippen molar-refractivity contribution in [2.24, 2.45) is 17.8 Å². The number of hydrogen-bond donors (Lipinski definition) is 1. The van der Waals surface area contributed by atoms with E-state index < -0.39 is 24.4 Å². The second-order valence-electron chi connectivity index (χ2n) is 7.42. The minimum Gasteiger partial charge on any atom is -0.352 e. The van der Waals surface area contributed by atoms with Crippen molar-refractivity contribution >= 4 is 23.8 Å². The number of amides is 5. The Bertz CT molecular complexity index is 546. The summed E-state index contributed by atoms with van der Waals surface area (Å²) in [5.74, 6) is -1.21. The number of nitrogens with zero attached hydrogens (tertiary/aromatic N) is 2. The fourth-order valence-electron chi connectivity index (χ4n) is 3.40. The molecule has 1 aliphatic carbocycles. The molecule has 24 heavy (non-hydrogen) atoms. The van der Waals surface area contributed by atoms with E-state index in [1.54, 1.807) is 0 Å².